The van der Waals surface area contributed by atoms with Crippen molar-refractivity contribution < 1.29 is 9.53 Å². The van der Waals surface area contributed by atoms with E-state index in [1.807, 2.05) is 24.3 Å². The molecule has 0 amide bonds. The quantitative estimate of drug-likeness (QED) is 0.643. The van der Waals surface area contributed by atoms with Crippen molar-refractivity contribution in [3.63, 3.8) is 0 Å². The summed E-state index contributed by atoms with van der Waals surface area (Å²) in [6, 6.07) is 9.27. The Labute approximate surface area is 124 Å². The van der Waals surface area contributed by atoms with Crippen molar-refractivity contribution in [2.24, 2.45) is 0 Å². The molecule has 0 saturated carbocycles. The molecule has 0 aliphatic carbocycles. The number of nitrogens with two attached hydrogens (primary N) is 1. The summed E-state index contributed by atoms with van der Waals surface area (Å²) in [5.74, 6) is -0.0466. The molecule has 2 aromatic rings. The molecule has 0 saturated heterocycles. The number of nitrogens with zero attached hydrogens (tertiary/aromatic N) is 1. The van der Waals surface area contributed by atoms with E-state index in [9.17, 15) is 4.79 Å². The maximum Gasteiger partial charge on any atom is 0.340 e. The summed E-state index contributed by atoms with van der Waals surface area (Å²) < 4.78 is 5.79. The smallest absolute Gasteiger partial charge is 0.340 e. The first-order valence-corrected chi connectivity index (χ1v) is 6.55. The van der Waals surface area contributed by atoms with Crippen LogP contribution in [0.3, 0.4) is 0 Å². The lowest BCUT2D eigenvalue weighted by molar-refractivity contribution is 0.0602. The third kappa shape index (κ3) is 3.14. The van der Waals surface area contributed by atoms with Gasteiger partial charge in [0.05, 0.1) is 18.4 Å². The standard InChI is InChI=1S/C13H12IN3O2/c1-19-13(18)10-6-7-16-12(11(10)15)17-9-4-2-8(14)3-5-9/h2-7H,15H2,1H3,(H,16,17). The Bertz CT molecular complexity index is 599. The first-order chi connectivity index (χ1) is 9.11. The molecule has 6 heteroatoms. The molecular formula is C13H12IN3O2. The summed E-state index contributed by atoms with van der Waals surface area (Å²) in [5, 5.41) is 3.07. The first kappa shape index (κ1) is 13.6. The summed E-state index contributed by atoms with van der Waals surface area (Å²) >= 11 is 2.22. The van der Waals surface area contributed by atoms with Gasteiger partial charge in [-0.1, -0.05) is 0 Å². The molecule has 5 nitrogen and oxygen atoms in total. The van der Waals surface area contributed by atoms with Gasteiger partial charge in [0.25, 0.3) is 0 Å². The molecule has 3 N–H and O–H groups in total. The third-order valence-corrected chi connectivity index (χ3v) is 3.22. The van der Waals surface area contributed by atoms with Crippen LogP contribution in [0.15, 0.2) is 36.5 Å². The summed E-state index contributed by atoms with van der Waals surface area (Å²) in [4.78, 5) is 15.7. The number of carbonyl (C=O) groups excluding carboxylic acids is 1. The fourth-order valence-corrected chi connectivity index (χ4v) is 1.89. The number of nitrogens with one attached hydrogen (secondary N) is 1. The summed E-state index contributed by atoms with van der Waals surface area (Å²) in [7, 11) is 1.31. The van der Waals surface area contributed by atoms with Crippen LogP contribution in [0, 0.1) is 3.57 Å². The van der Waals surface area contributed by atoms with Crippen LogP contribution >= 0.6 is 22.6 Å². The summed E-state index contributed by atoms with van der Waals surface area (Å²) in [6.45, 7) is 0. The number of halogens is 1. The number of aromatic nitrogens is 1. The monoisotopic (exact) mass is 369 g/mol. The van der Waals surface area contributed by atoms with Gasteiger partial charge in [0.15, 0.2) is 5.82 Å². The predicted molar refractivity (Wildman–Crippen MR) is 82.4 cm³/mol. The molecule has 0 spiro atoms. The van der Waals surface area contributed by atoms with Gasteiger partial charge in [-0.3, -0.25) is 0 Å². The average Bonchev–Trinajstić information content (AvgIpc) is 2.43. The molecule has 1 aromatic carbocycles. The highest BCUT2D eigenvalue weighted by atomic mass is 127. The van der Waals surface area contributed by atoms with Crippen LogP contribution in [0.5, 0.6) is 0 Å². The molecule has 19 heavy (non-hydrogen) atoms. The van der Waals surface area contributed by atoms with Crippen LogP contribution in [0.1, 0.15) is 10.4 Å². The Hall–Kier alpha value is -1.83. The molecule has 0 aliphatic rings. The lowest BCUT2D eigenvalue weighted by Crippen LogP contribution is -2.08. The van der Waals surface area contributed by atoms with E-state index in [4.69, 9.17) is 5.73 Å². The number of carbonyl (C=O) groups is 1. The molecule has 0 aliphatic heterocycles. The van der Waals surface area contributed by atoms with Crippen molar-refractivity contribution in [3.05, 3.63) is 45.7 Å². The lowest BCUT2D eigenvalue weighted by Gasteiger charge is -2.10. The molecule has 0 atom stereocenters. The molecule has 98 valence electrons. The van der Waals surface area contributed by atoms with Crippen LogP contribution in [-0.4, -0.2) is 18.1 Å². The molecule has 0 unspecified atom stereocenters. The van der Waals surface area contributed by atoms with E-state index >= 15 is 0 Å². The van der Waals surface area contributed by atoms with E-state index in [1.165, 1.54) is 19.4 Å². The van der Waals surface area contributed by atoms with Crippen molar-refractivity contribution in [1.29, 1.82) is 0 Å². The number of hydrogen-bond acceptors (Lipinski definition) is 5. The van der Waals surface area contributed by atoms with Gasteiger partial charge in [0.2, 0.25) is 0 Å². The Morgan fingerprint density at radius 2 is 2.00 bits per heavy atom. The highest BCUT2D eigenvalue weighted by Gasteiger charge is 2.13. The fourth-order valence-electron chi connectivity index (χ4n) is 1.53. The molecular weight excluding hydrogens is 357 g/mol. The number of pyridine rings is 1. The Kier molecular flexibility index (Phi) is 4.20. The minimum atomic E-state index is -0.481. The van der Waals surface area contributed by atoms with Gasteiger partial charge >= 0.3 is 5.97 Å². The third-order valence-electron chi connectivity index (χ3n) is 2.50. The molecule has 2 rings (SSSR count). The molecule has 0 radical (unpaired) electrons. The van der Waals surface area contributed by atoms with Crippen molar-refractivity contribution in [2.45, 2.75) is 0 Å². The largest absolute Gasteiger partial charge is 0.465 e. The maximum atomic E-state index is 11.5. The fraction of sp³-hybridized carbons (Fsp3) is 0.0769. The second-order valence-corrected chi connectivity index (χ2v) is 4.99. The number of methoxy groups -OCH3 is 1. The minimum Gasteiger partial charge on any atom is -0.465 e. The zero-order valence-corrected chi connectivity index (χ0v) is 12.3. The van der Waals surface area contributed by atoms with E-state index < -0.39 is 5.97 Å². The van der Waals surface area contributed by atoms with Gasteiger partial charge in [-0.15, -0.1) is 0 Å². The number of ether oxygens (including phenoxy) is 1. The van der Waals surface area contributed by atoms with Gasteiger partial charge in [0.1, 0.15) is 0 Å². The highest BCUT2D eigenvalue weighted by Crippen LogP contribution is 2.24. The van der Waals surface area contributed by atoms with Gasteiger partial charge in [-0.05, 0) is 52.9 Å². The van der Waals surface area contributed by atoms with E-state index in [-0.39, 0.29) is 5.69 Å². The second-order valence-electron chi connectivity index (χ2n) is 3.74. The number of esters is 1. The van der Waals surface area contributed by atoms with Gasteiger partial charge in [-0.25, -0.2) is 9.78 Å². The van der Waals surface area contributed by atoms with Gasteiger partial charge in [0, 0.05) is 15.5 Å². The number of anilines is 3. The number of rotatable bonds is 3. The van der Waals surface area contributed by atoms with Gasteiger partial charge in [-0.2, -0.15) is 0 Å². The van der Waals surface area contributed by atoms with Crippen molar-refractivity contribution in [1.82, 2.24) is 4.98 Å². The van der Waals surface area contributed by atoms with Gasteiger partial charge < -0.3 is 15.8 Å². The predicted octanol–water partition coefficient (Wildman–Crippen LogP) is 2.80. The van der Waals surface area contributed by atoms with Crippen molar-refractivity contribution in [2.75, 3.05) is 18.2 Å². The van der Waals surface area contributed by atoms with E-state index in [2.05, 4.69) is 37.6 Å². The second kappa shape index (κ2) is 5.87. The van der Waals surface area contributed by atoms with Crippen LogP contribution < -0.4 is 11.1 Å². The Morgan fingerprint density at radius 3 is 2.63 bits per heavy atom. The van der Waals surface area contributed by atoms with Crippen molar-refractivity contribution in [3.8, 4) is 0 Å². The van der Waals surface area contributed by atoms with Crippen LogP contribution in [0.25, 0.3) is 0 Å². The van der Waals surface area contributed by atoms with Crippen LogP contribution in [-0.2, 0) is 4.74 Å². The molecule has 0 bridgehead atoms. The molecule has 1 aromatic heterocycles. The van der Waals surface area contributed by atoms with E-state index in [0.717, 1.165) is 9.26 Å². The van der Waals surface area contributed by atoms with E-state index in [1.54, 1.807) is 0 Å². The van der Waals surface area contributed by atoms with Crippen molar-refractivity contribution >= 4 is 45.8 Å². The normalized spacial score (nSPS) is 10.0. The summed E-state index contributed by atoms with van der Waals surface area (Å²) in [5.41, 5.74) is 7.33. The average molecular weight is 369 g/mol. The number of nitrogen functional groups attached to an aromatic ring is 1. The Balaban J connectivity index is 2.30. The highest BCUT2D eigenvalue weighted by molar-refractivity contribution is 14.1. The maximum absolute atomic E-state index is 11.5. The van der Waals surface area contributed by atoms with E-state index in [0.29, 0.717) is 11.4 Å². The van der Waals surface area contributed by atoms with Crippen LogP contribution in [0.4, 0.5) is 17.2 Å². The summed E-state index contributed by atoms with van der Waals surface area (Å²) in [6.07, 6.45) is 1.51. The first-order valence-electron chi connectivity index (χ1n) is 5.47. The SMILES string of the molecule is COC(=O)c1ccnc(Nc2ccc(I)cc2)c1N. The van der Waals surface area contributed by atoms with Crippen LogP contribution in [0.2, 0.25) is 0 Å². The zero-order chi connectivity index (χ0) is 13.8. The Morgan fingerprint density at radius 1 is 1.32 bits per heavy atom. The molecule has 0 fully saturated rings. The number of hydrogen-bond donors (Lipinski definition) is 2. The molecule has 1 heterocycles. The number of benzene rings is 1. The topological polar surface area (TPSA) is 77.2 Å². The lowest BCUT2D eigenvalue weighted by atomic mass is 10.2. The minimum absolute atomic E-state index is 0.271. The zero-order valence-electron chi connectivity index (χ0n) is 10.2.